The number of hydrogen-bond donors (Lipinski definition) is 1. The Morgan fingerprint density at radius 3 is 2.79 bits per heavy atom. The minimum Gasteiger partial charge on any atom is -0.373 e. The molecule has 0 radical (unpaired) electrons. The molecule has 0 atom stereocenters. The number of rotatable bonds is 6. The lowest BCUT2D eigenvalue weighted by Gasteiger charge is -2.23. The third-order valence-electron chi connectivity index (χ3n) is 3.09. The fraction of sp³-hybridized carbons (Fsp3) is 0.333. The molecule has 1 N–H and O–H groups in total. The van der Waals surface area contributed by atoms with E-state index in [0.717, 1.165) is 30.2 Å². The monoisotopic (exact) mass is 294 g/mol. The van der Waals surface area contributed by atoms with Gasteiger partial charge in [-0.05, 0) is 36.5 Å². The van der Waals surface area contributed by atoms with E-state index in [-0.39, 0.29) is 0 Å². The molecular formula is C15H19ClN2S. The van der Waals surface area contributed by atoms with Crippen molar-refractivity contribution in [1.29, 1.82) is 0 Å². The molecule has 1 aromatic carbocycles. The van der Waals surface area contributed by atoms with Crippen LogP contribution in [0.2, 0.25) is 5.02 Å². The van der Waals surface area contributed by atoms with Crippen LogP contribution >= 0.6 is 22.9 Å². The highest BCUT2D eigenvalue weighted by molar-refractivity contribution is 7.09. The molecule has 0 aliphatic carbocycles. The number of benzene rings is 1. The lowest BCUT2D eigenvalue weighted by molar-refractivity contribution is 0.803. The summed E-state index contributed by atoms with van der Waals surface area (Å²) in [7, 11) is 4.06. The molecule has 2 rings (SSSR count). The molecule has 1 heterocycles. The van der Waals surface area contributed by atoms with Crippen LogP contribution in [-0.4, -0.2) is 20.6 Å². The zero-order valence-electron chi connectivity index (χ0n) is 11.3. The summed E-state index contributed by atoms with van der Waals surface area (Å²) in [6.07, 6.45) is 1.05. The van der Waals surface area contributed by atoms with E-state index >= 15 is 0 Å². The average molecular weight is 295 g/mol. The number of nitrogens with zero attached hydrogens (tertiary/aromatic N) is 1. The number of nitrogens with one attached hydrogen (secondary N) is 1. The molecule has 0 aliphatic heterocycles. The van der Waals surface area contributed by atoms with E-state index in [4.69, 9.17) is 11.6 Å². The summed E-state index contributed by atoms with van der Waals surface area (Å²) in [5.41, 5.74) is 2.37. The summed E-state index contributed by atoms with van der Waals surface area (Å²) in [4.78, 5) is 3.66. The smallest absolute Gasteiger partial charge is 0.0642 e. The van der Waals surface area contributed by atoms with Crippen LogP contribution in [0.25, 0.3) is 0 Å². The number of thiophene rings is 1. The second kappa shape index (κ2) is 6.94. The van der Waals surface area contributed by atoms with Gasteiger partial charge in [0.1, 0.15) is 0 Å². The quantitative estimate of drug-likeness (QED) is 0.872. The van der Waals surface area contributed by atoms with Gasteiger partial charge in [0, 0.05) is 25.0 Å². The Hall–Kier alpha value is -1.03. The van der Waals surface area contributed by atoms with E-state index < -0.39 is 0 Å². The van der Waals surface area contributed by atoms with E-state index in [1.807, 2.05) is 19.2 Å². The van der Waals surface area contributed by atoms with Crippen LogP contribution in [-0.2, 0) is 13.0 Å². The predicted molar refractivity (Wildman–Crippen MR) is 85.5 cm³/mol. The molecule has 0 fully saturated rings. The number of hydrogen-bond acceptors (Lipinski definition) is 3. The van der Waals surface area contributed by atoms with Crippen molar-refractivity contribution in [2.75, 3.05) is 25.5 Å². The Kier molecular flexibility index (Phi) is 5.25. The molecule has 4 heteroatoms. The third-order valence-corrected chi connectivity index (χ3v) is 4.33. The molecule has 0 aliphatic rings. The Labute approximate surface area is 124 Å². The van der Waals surface area contributed by atoms with Gasteiger partial charge in [-0.25, -0.2) is 0 Å². The van der Waals surface area contributed by atoms with Gasteiger partial charge in [-0.3, -0.25) is 0 Å². The highest BCUT2D eigenvalue weighted by atomic mass is 35.5. The molecule has 0 saturated heterocycles. The van der Waals surface area contributed by atoms with Crippen LogP contribution in [0.15, 0.2) is 35.7 Å². The van der Waals surface area contributed by atoms with Gasteiger partial charge < -0.3 is 10.2 Å². The van der Waals surface area contributed by atoms with Gasteiger partial charge in [0.05, 0.1) is 10.7 Å². The fourth-order valence-electron chi connectivity index (χ4n) is 2.17. The molecule has 2 aromatic rings. The molecule has 0 bridgehead atoms. The average Bonchev–Trinajstić information content (AvgIpc) is 2.90. The first-order valence-electron chi connectivity index (χ1n) is 6.38. The van der Waals surface area contributed by atoms with E-state index in [1.165, 1.54) is 10.4 Å². The first-order valence-corrected chi connectivity index (χ1v) is 7.63. The van der Waals surface area contributed by atoms with Crippen LogP contribution in [0.5, 0.6) is 0 Å². The van der Waals surface area contributed by atoms with Gasteiger partial charge in [0.15, 0.2) is 0 Å². The van der Waals surface area contributed by atoms with Gasteiger partial charge in [0.25, 0.3) is 0 Å². The van der Waals surface area contributed by atoms with Crippen molar-refractivity contribution < 1.29 is 0 Å². The van der Waals surface area contributed by atoms with E-state index in [1.54, 1.807) is 11.3 Å². The lowest BCUT2D eigenvalue weighted by atomic mass is 10.1. The standard InChI is InChI=1S/C15H19ClN2S/c1-17-11-12-5-3-7-14(16)15(12)18(2)9-8-13-6-4-10-19-13/h3-7,10,17H,8-9,11H2,1-2H3. The van der Waals surface area contributed by atoms with Crippen LogP contribution in [0.1, 0.15) is 10.4 Å². The van der Waals surface area contributed by atoms with Crippen LogP contribution in [0, 0.1) is 0 Å². The number of anilines is 1. The molecule has 0 amide bonds. The first kappa shape index (κ1) is 14.4. The summed E-state index contributed by atoms with van der Waals surface area (Å²) < 4.78 is 0. The fourth-order valence-corrected chi connectivity index (χ4v) is 3.20. The largest absolute Gasteiger partial charge is 0.373 e. The zero-order chi connectivity index (χ0) is 13.7. The summed E-state index contributed by atoms with van der Waals surface area (Å²) in [5.74, 6) is 0. The van der Waals surface area contributed by atoms with Gasteiger partial charge >= 0.3 is 0 Å². The SMILES string of the molecule is CNCc1cccc(Cl)c1N(C)CCc1cccs1. The summed E-state index contributed by atoms with van der Waals surface area (Å²) in [6.45, 7) is 1.81. The Morgan fingerprint density at radius 1 is 1.26 bits per heavy atom. The second-order valence-corrected chi connectivity index (χ2v) is 5.97. The summed E-state index contributed by atoms with van der Waals surface area (Å²) >= 11 is 8.16. The lowest BCUT2D eigenvalue weighted by Crippen LogP contribution is -2.23. The van der Waals surface area contributed by atoms with E-state index in [2.05, 4.69) is 40.8 Å². The van der Waals surface area contributed by atoms with Crippen molar-refractivity contribution in [3.8, 4) is 0 Å². The van der Waals surface area contributed by atoms with Crippen LogP contribution in [0.3, 0.4) is 0 Å². The Balaban J connectivity index is 2.11. The Morgan fingerprint density at radius 2 is 2.11 bits per heavy atom. The Bertz CT molecular complexity index is 511. The maximum absolute atomic E-state index is 6.35. The number of halogens is 1. The highest BCUT2D eigenvalue weighted by Gasteiger charge is 2.11. The highest BCUT2D eigenvalue weighted by Crippen LogP contribution is 2.29. The molecule has 2 nitrogen and oxygen atoms in total. The van der Waals surface area contributed by atoms with Crippen molar-refractivity contribution in [1.82, 2.24) is 5.32 Å². The second-order valence-electron chi connectivity index (χ2n) is 4.53. The molecule has 0 unspecified atom stereocenters. The van der Waals surface area contributed by atoms with Crippen molar-refractivity contribution in [3.63, 3.8) is 0 Å². The predicted octanol–water partition coefficient (Wildman–Crippen LogP) is 3.80. The van der Waals surface area contributed by atoms with Crippen molar-refractivity contribution >= 4 is 28.6 Å². The van der Waals surface area contributed by atoms with Gasteiger partial charge in [-0.15, -0.1) is 11.3 Å². The van der Waals surface area contributed by atoms with Crippen molar-refractivity contribution in [2.24, 2.45) is 0 Å². The minimum atomic E-state index is 0.821. The van der Waals surface area contributed by atoms with Gasteiger partial charge in [-0.1, -0.05) is 29.8 Å². The summed E-state index contributed by atoms with van der Waals surface area (Å²) in [6, 6.07) is 10.4. The minimum absolute atomic E-state index is 0.821. The van der Waals surface area contributed by atoms with E-state index in [0.29, 0.717) is 0 Å². The van der Waals surface area contributed by atoms with Gasteiger partial charge in [-0.2, -0.15) is 0 Å². The maximum Gasteiger partial charge on any atom is 0.0642 e. The van der Waals surface area contributed by atoms with Gasteiger partial charge in [0.2, 0.25) is 0 Å². The molecular weight excluding hydrogens is 276 g/mol. The number of para-hydroxylation sites is 1. The summed E-state index contributed by atoms with van der Waals surface area (Å²) in [5, 5.41) is 6.14. The molecule has 102 valence electrons. The molecule has 19 heavy (non-hydrogen) atoms. The maximum atomic E-state index is 6.35. The van der Waals surface area contributed by atoms with Crippen LogP contribution in [0.4, 0.5) is 5.69 Å². The molecule has 0 spiro atoms. The third kappa shape index (κ3) is 3.72. The first-order chi connectivity index (χ1) is 9.22. The van der Waals surface area contributed by atoms with Crippen LogP contribution < -0.4 is 10.2 Å². The normalized spacial score (nSPS) is 10.7. The van der Waals surface area contributed by atoms with Crippen molar-refractivity contribution in [2.45, 2.75) is 13.0 Å². The topological polar surface area (TPSA) is 15.3 Å². The molecule has 0 saturated carbocycles. The van der Waals surface area contributed by atoms with E-state index in [9.17, 15) is 0 Å². The zero-order valence-corrected chi connectivity index (χ0v) is 12.9. The van der Waals surface area contributed by atoms with Crippen molar-refractivity contribution in [3.05, 3.63) is 51.2 Å². The molecule has 1 aromatic heterocycles. The number of likely N-dealkylation sites (N-methyl/N-ethyl adjacent to an activating group) is 1.